The van der Waals surface area contributed by atoms with Crippen molar-refractivity contribution in [2.24, 2.45) is 0 Å². The molecule has 0 fully saturated rings. The lowest BCUT2D eigenvalue weighted by Crippen LogP contribution is -2.01. The number of methoxy groups -OCH3 is 1. The second kappa shape index (κ2) is 6.24. The summed E-state index contributed by atoms with van der Waals surface area (Å²) in [6.45, 7) is 0. The van der Waals surface area contributed by atoms with Crippen molar-refractivity contribution in [2.45, 2.75) is 0 Å². The van der Waals surface area contributed by atoms with Crippen LogP contribution >= 0.6 is 0 Å². The van der Waals surface area contributed by atoms with Gasteiger partial charge in [0.25, 0.3) is 0 Å². The Hall–Kier alpha value is -3.40. The van der Waals surface area contributed by atoms with Crippen LogP contribution in [0.2, 0.25) is 0 Å². The quantitative estimate of drug-likeness (QED) is 0.555. The lowest BCUT2D eigenvalue weighted by molar-refractivity contribution is 0.0600. The summed E-state index contributed by atoms with van der Waals surface area (Å²) in [5, 5.41) is 1.19. The van der Waals surface area contributed by atoms with Gasteiger partial charge in [0.15, 0.2) is 0 Å². The summed E-state index contributed by atoms with van der Waals surface area (Å²) in [5.41, 5.74) is 5.62. The van der Waals surface area contributed by atoms with Crippen molar-refractivity contribution in [3.8, 4) is 22.4 Å². The molecule has 0 bridgehead atoms. The van der Waals surface area contributed by atoms with E-state index in [9.17, 15) is 4.79 Å². The predicted molar refractivity (Wildman–Crippen MR) is 98.3 cm³/mol. The third kappa shape index (κ3) is 2.90. The van der Waals surface area contributed by atoms with Gasteiger partial charge in [-0.25, -0.2) is 4.79 Å². The van der Waals surface area contributed by atoms with Gasteiger partial charge in [0.2, 0.25) is 0 Å². The molecule has 0 radical (unpaired) electrons. The summed E-state index contributed by atoms with van der Waals surface area (Å²) < 4.78 is 4.76. The van der Waals surface area contributed by atoms with Crippen LogP contribution in [0.3, 0.4) is 0 Å². The molecule has 4 nitrogen and oxygen atoms in total. The zero-order valence-electron chi connectivity index (χ0n) is 13.7. The maximum absolute atomic E-state index is 11.7. The average Bonchev–Trinajstić information content (AvgIpc) is 3.15. The monoisotopic (exact) mass is 328 g/mol. The molecule has 2 aromatic carbocycles. The number of aromatic amines is 1. The molecule has 2 heterocycles. The van der Waals surface area contributed by atoms with E-state index >= 15 is 0 Å². The van der Waals surface area contributed by atoms with Gasteiger partial charge in [-0.05, 0) is 46.8 Å². The number of carbonyl (C=O) groups is 1. The molecule has 4 rings (SSSR count). The Morgan fingerprint density at radius 3 is 2.48 bits per heavy atom. The number of nitrogens with one attached hydrogen (secondary N) is 1. The molecule has 122 valence electrons. The van der Waals surface area contributed by atoms with Crippen LogP contribution in [0.15, 0.2) is 73.1 Å². The molecule has 0 saturated heterocycles. The van der Waals surface area contributed by atoms with Crippen LogP contribution in [0.1, 0.15) is 10.4 Å². The zero-order chi connectivity index (χ0) is 17.2. The molecule has 0 unspecified atom stereocenters. The predicted octanol–water partition coefficient (Wildman–Crippen LogP) is 4.68. The van der Waals surface area contributed by atoms with Crippen molar-refractivity contribution < 1.29 is 9.53 Å². The summed E-state index contributed by atoms with van der Waals surface area (Å²) in [5.74, 6) is -0.361. The topological polar surface area (TPSA) is 55.0 Å². The normalized spacial score (nSPS) is 10.8. The Kier molecular flexibility index (Phi) is 3.78. The number of nitrogens with zero attached hydrogens (tertiary/aromatic N) is 1. The first kappa shape index (κ1) is 15.1. The van der Waals surface area contributed by atoms with E-state index in [4.69, 9.17) is 4.74 Å². The van der Waals surface area contributed by atoms with E-state index in [0.717, 1.165) is 27.9 Å². The number of aromatic nitrogens is 2. The first-order valence-electron chi connectivity index (χ1n) is 7.97. The minimum Gasteiger partial charge on any atom is -0.465 e. The van der Waals surface area contributed by atoms with E-state index in [1.165, 1.54) is 12.5 Å². The standard InChI is InChI=1S/C21H16N2O2/c1-25-21(24)18-9-11-23-20(13-18)15-4-2-14(3-5-15)16-6-7-19-17(12-16)8-10-22-19/h2-13,22H,1H3. The van der Waals surface area contributed by atoms with E-state index < -0.39 is 0 Å². The molecule has 0 aliphatic rings. The summed E-state index contributed by atoms with van der Waals surface area (Å²) in [7, 11) is 1.37. The SMILES string of the molecule is COC(=O)c1ccnc(-c2ccc(-c3ccc4[nH]ccc4c3)cc2)c1. The number of hydrogen-bond acceptors (Lipinski definition) is 3. The Balaban J connectivity index is 1.67. The van der Waals surface area contributed by atoms with E-state index in [1.807, 2.05) is 18.3 Å². The van der Waals surface area contributed by atoms with E-state index in [2.05, 4.69) is 46.4 Å². The van der Waals surface area contributed by atoms with Crippen LogP contribution in [0.25, 0.3) is 33.3 Å². The van der Waals surface area contributed by atoms with Crippen molar-refractivity contribution in [1.82, 2.24) is 9.97 Å². The molecule has 1 N–H and O–H groups in total. The summed E-state index contributed by atoms with van der Waals surface area (Å²) in [6.07, 6.45) is 3.56. The van der Waals surface area contributed by atoms with Crippen LogP contribution in [-0.4, -0.2) is 23.0 Å². The highest BCUT2D eigenvalue weighted by molar-refractivity contribution is 5.90. The number of carbonyl (C=O) groups excluding carboxylic acids is 1. The largest absolute Gasteiger partial charge is 0.465 e. The van der Waals surface area contributed by atoms with Crippen molar-refractivity contribution in [3.63, 3.8) is 0 Å². The molecule has 2 aromatic heterocycles. The molecule has 0 spiro atoms. The lowest BCUT2D eigenvalue weighted by atomic mass is 10.0. The van der Waals surface area contributed by atoms with Crippen molar-refractivity contribution in [3.05, 3.63) is 78.6 Å². The van der Waals surface area contributed by atoms with Crippen LogP contribution in [0.5, 0.6) is 0 Å². The van der Waals surface area contributed by atoms with Crippen molar-refractivity contribution in [1.29, 1.82) is 0 Å². The van der Waals surface area contributed by atoms with Crippen molar-refractivity contribution in [2.75, 3.05) is 7.11 Å². The highest BCUT2D eigenvalue weighted by Crippen LogP contribution is 2.26. The third-order valence-corrected chi connectivity index (χ3v) is 4.25. The number of pyridine rings is 1. The molecule has 0 aliphatic heterocycles. The van der Waals surface area contributed by atoms with E-state index in [0.29, 0.717) is 5.56 Å². The Morgan fingerprint density at radius 2 is 1.68 bits per heavy atom. The van der Waals surface area contributed by atoms with Crippen molar-refractivity contribution >= 4 is 16.9 Å². The van der Waals surface area contributed by atoms with Gasteiger partial charge in [0.05, 0.1) is 18.4 Å². The van der Waals surface area contributed by atoms with Gasteiger partial charge in [-0.1, -0.05) is 30.3 Å². The van der Waals surface area contributed by atoms with E-state index in [-0.39, 0.29) is 5.97 Å². The second-order valence-electron chi connectivity index (χ2n) is 5.78. The molecule has 25 heavy (non-hydrogen) atoms. The zero-order valence-corrected chi connectivity index (χ0v) is 13.7. The fourth-order valence-corrected chi connectivity index (χ4v) is 2.90. The fourth-order valence-electron chi connectivity index (χ4n) is 2.90. The summed E-state index contributed by atoms with van der Waals surface area (Å²) in [4.78, 5) is 19.2. The van der Waals surface area contributed by atoms with Crippen LogP contribution in [-0.2, 0) is 4.74 Å². The molecule has 0 saturated carbocycles. The molecule has 0 amide bonds. The van der Waals surface area contributed by atoms with Gasteiger partial charge in [0, 0.05) is 23.5 Å². The minimum absolute atomic E-state index is 0.361. The maximum atomic E-state index is 11.7. The Morgan fingerprint density at radius 1 is 0.920 bits per heavy atom. The second-order valence-corrected chi connectivity index (χ2v) is 5.78. The number of rotatable bonds is 3. The minimum atomic E-state index is -0.361. The first-order valence-corrected chi connectivity index (χ1v) is 7.97. The van der Waals surface area contributed by atoms with Gasteiger partial charge < -0.3 is 9.72 Å². The smallest absolute Gasteiger partial charge is 0.337 e. The molecule has 4 aromatic rings. The Bertz CT molecular complexity index is 1050. The lowest BCUT2D eigenvalue weighted by Gasteiger charge is -2.06. The number of hydrogen-bond donors (Lipinski definition) is 1. The molecular formula is C21H16N2O2. The summed E-state index contributed by atoms with van der Waals surface area (Å²) in [6, 6.07) is 20.0. The highest BCUT2D eigenvalue weighted by Gasteiger charge is 2.08. The van der Waals surface area contributed by atoms with Crippen LogP contribution in [0, 0.1) is 0 Å². The number of ether oxygens (including phenoxy) is 1. The number of fused-ring (bicyclic) bond motifs is 1. The Labute approximate surface area is 145 Å². The molecule has 4 heteroatoms. The van der Waals surface area contributed by atoms with Crippen LogP contribution < -0.4 is 0 Å². The number of benzene rings is 2. The molecule has 0 aliphatic carbocycles. The van der Waals surface area contributed by atoms with Gasteiger partial charge >= 0.3 is 5.97 Å². The molecular weight excluding hydrogens is 312 g/mol. The van der Waals surface area contributed by atoms with Crippen LogP contribution in [0.4, 0.5) is 0 Å². The van der Waals surface area contributed by atoms with Gasteiger partial charge in [-0.2, -0.15) is 0 Å². The molecule has 0 atom stereocenters. The first-order chi connectivity index (χ1) is 12.2. The number of esters is 1. The van der Waals surface area contributed by atoms with Gasteiger partial charge in [-0.15, -0.1) is 0 Å². The fraction of sp³-hybridized carbons (Fsp3) is 0.0476. The van der Waals surface area contributed by atoms with Gasteiger partial charge in [0.1, 0.15) is 0 Å². The van der Waals surface area contributed by atoms with Gasteiger partial charge in [-0.3, -0.25) is 4.98 Å². The average molecular weight is 328 g/mol. The third-order valence-electron chi connectivity index (χ3n) is 4.25. The van der Waals surface area contributed by atoms with E-state index in [1.54, 1.807) is 18.3 Å². The number of H-pyrrole nitrogens is 1. The maximum Gasteiger partial charge on any atom is 0.337 e. The highest BCUT2D eigenvalue weighted by atomic mass is 16.5. The summed E-state index contributed by atoms with van der Waals surface area (Å²) >= 11 is 0.